The molecule has 21 heavy (non-hydrogen) atoms. The number of benzene rings is 1. The van der Waals surface area contributed by atoms with Gasteiger partial charge in [0.2, 0.25) is 0 Å². The van der Waals surface area contributed by atoms with Crippen LogP contribution in [0.15, 0.2) is 29.1 Å². The number of nitrogens with zero attached hydrogens (tertiary/aromatic N) is 4. The van der Waals surface area contributed by atoms with E-state index >= 15 is 0 Å². The van der Waals surface area contributed by atoms with Gasteiger partial charge < -0.3 is 0 Å². The molecule has 5 nitrogen and oxygen atoms in total. The maximum atomic E-state index is 12.6. The Morgan fingerprint density at radius 1 is 1.19 bits per heavy atom. The molecule has 0 bridgehead atoms. The molecule has 0 aliphatic heterocycles. The fourth-order valence-corrected chi connectivity index (χ4v) is 2.54. The van der Waals surface area contributed by atoms with Crippen LogP contribution < -0.4 is 5.69 Å². The Kier molecular flexibility index (Phi) is 4.79. The van der Waals surface area contributed by atoms with Crippen LogP contribution in [0.25, 0.3) is 11.0 Å². The SMILES string of the molecule is CCCn1c(=O)n(C[C@@H](C#N)CCC#N)c2ccccc21. The van der Waals surface area contributed by atoms with Crippen LogP contribution in [0.4, 0.5) is 0 Å². The Morgan fingerprint density at radius 3 is 2.43 bits per heavy atom. The molecule has 0 aliphatic rings. The van der Waals surface area contributed by atoms with Crippen LogP contribution in [-0.2, 0) is 13.1 Å². The molecule has 1 aromatic heterocycles. The molecule has 0 spiro atoms. The molecule has 108 valence electrons. The molecular weight excluding hydrogens is 264 g/mol. The summed E-state index contributed by atoms with van der Waals surface area (Å²) in [5, 5.41) is 17.9. The van der Waals surface area contributed by atoms with Gasteiger partial charge in [0.15, 0.2) is 0 Å². The number of nitriles is 2. The predicted molar refractivity (Wildman–Crippen MR) is 80.4 cm³/mol. The summed E-state index contributed by atoms with van der Waals surface area (Å²) in [7, 11) is 0. The van der Waals surface area contributed by atoms with Gasteiger partial charge in [-0.3, -0.25) is 9.13 Å². The summed E-state index contributed by atoms with van der Waals surface area (Å²) in [5.41, 5.74) is 1.68. The third-order valence-corrected chi connectivity index (χ3v) is 3.56. The zero-order valence-corrected chi connectivity index (χ0v) is 12.1. The normalized spacial score (nSPS) is 12.0. The number of aromatic nitrogens is 2. The van der Waals surface area contributed by atoms with E-state index in [4.69, 9.17) is 5.26 Å². The monoisotopic (exact) mass is 282 g/mol. The molecule has 0 N–H and O–H groups in total. The number of imidazole rings is 1. The molecular formula is C16H18N4O. The molecule has 0 fully saturated rings. The van der Waals surface area contributed by atoms with Crippen LogP contribution in [0.2, 0.25) is 0 Å². The third-order valence-electron chi connectivity index (χ3n) is 3.56. The summed E-state index contributed by atoms with van der Waals surface area (Å²) >= 11 is 0. The average molecular weight is 282 g/mol. The van der Waals surface area contributed by atoms with Crippen LogP contribution in [0.5, 0.6) is 0 Å². The molecule has 0 saturated heterocycles. The van der Waals surface area contributed by atoms with Gasteiger partial charge in [0.05, 0.1) is 29.1 Å². The van der Waals surface area contributed by atoms with Crippen LogP contribution >= 0.6 is 0 Å². The lowest BCUT2D eigenvalue weighted by molar-refractivity contribution is 0.499. The molecule has 1 atom stereocenters. The van der Waals surface area contributed by atoms with Crippen molar-refractivity contribution in [3.63, 3.8) is 0 Å². The first-order chi connectivity index (χ1) is 10.2. The Hall–Kier alpha value is -2.53. The Morgan fingerprint density at radius 2 is 1.86 bits per heavy atom. The smallest absolute Gasteiger partial charge is 0.292 e. The minimum absolute atomic E-state index is 0.0738. The largest absolute Gasteiger partial charge is 0.329 e. The minimum atomic E-state index is -0.316. The van der Waals surface area contributed by atoms with Crippen LogP contribution in [0.3, 0.4) is 0 Å². The summed E-state index contributed by atoms with van der Waals surface area (Å²) in [5.74, 6) is -0.316. The number of para-hydroxylation sites is 2. The van der Waals surface area contributed by atoms with Crippen molar-refractivity contribution in [2.24, 2.45) is 5.92 Å². The van der Waals surface area contributed by atoms with Crippen molar-refractivity contribution in [3.05, 3.63) is 34.7 Å². The topological polar surface area (TPSA) is 74.5 Å². The second-order valence-corrected chi connectivity index (χ2v) is 5.06. The van der Waals surface area contributed by atoms with E-state index in [9.17, 15) is 10.1 Å². The van der Waals surface area contributed by atoms with Crippen molar-refractivity contribution in [2.45, 2.75) is 39.3 Å². The van der Waals surface area contributed by atoms with Crippen molar-refractivity contribution in [3.8, 4) is 12.1 Å². The van der Waals surface area contributed by atoms with Crippen molar-refractivity contribution >= 4 is 11.0 Å². The average Bonchev–Trinajstić information content (AvgIpc) is 2.77. The molecule has 1 heterocycles. The van der Waals surface area contributed by atoms with E-state index in [1.165, 1.54) is 0 Å². The summed E-state index contributed by atoms with van der Waals surface area (Å²) in [6.07, 6.45) is 1.71. The van der Waals surface area contributed by atoms with Gasteiger partial charge in [-0.2, -0.15) is 10.5 Å². The molecule has 2 aromatic rings. The first kappa shape index (κ1) is 14.9. The van der Waals surface area contributed by atoms with Crippen LogP contribution in [0.1, 0.15) is 26.2 Å². The maximum Gasteiger partial charge on any atom is 0.329 e. The number of fused-ring (bicyclic) bond motifs is 1. The van der Waals surface area contributed by atoms with E-state index < -0.39 is 0 Å². The molecule has 0 unspecified atom stereocenters. The van der Waals surface area contributed by atoms with Gasteiger partial charge in [0.1, 0.15) is 0 Å². The number of aryl methyl sites for hydroxylation is 1. The Bertz CT molecular complexity index is 757. The highest BCUT2D eigenvalue weighted by atomic mass is 16.1. The van der Waals surface area contributed by atoms with E-state index in [2.05, 4.69) is 12.1 Å². The number of hydrogen-bond acceptors (Lipinski definition) is 3. The summed E-state index contributed by atoms with van der Waals surface area (Å²) in [6, 6.07) is 11.9. The molecule has 0 radical (unpaired) electrons. The molecule has 2 rings (SSSR count). The third kappa shape index (κ3) is 2.98. The van der Waals surface area contributed by atoms with E-state index in [0.717, 1.165) is 17.5 Å². The second-order valence-electron chi connectivity index (χ2n) is 5.06. The highest BCUT2D eigenvalue weighted by Gasteiger charge is 2.16. The summed E-state index contributed by atoms with van der Waals surface area (Å²) in [6.45, 7) is 3.04. The van der Waals surface area contributed by atoms with Gasteiger partial charge in [-0.15, -0.1) is 0 Å². The fraction of sp³-hybridized carbons (Fsp3) is 0.438. The molecule has 5 heteroatoms. The highest BCUT2D eigenvalue weighted by Crippen LogP contribution is 2.16. The lowest BCUT2D eigenvalue weighted by Gasteiger charge is -2.08. The minimum Gasteiger partial charge on any atom is -0.292 e. The summed E-state index contributed by atoms with van der Waals surface area (Å²) < 4.78 is 3.42. The summed E-state index contributed by atoms with van der Waals surface area (Å²) in [4.78, 5) is 12.6. The van der Waals surface area contributed by atoms with Crippen molar-refractivity contribution in [2.75, 3.05) is 0 Å². The Balaban J connectivity index is 2.44. The Labute approximate surface area is 123 Å². The quantitative estimate of drug-likeness (QED) is 0.817. The molecule has 1 aromatic carbocycles. The lowest BCUT2D eigenvalue weighted by Crippen LogP contribution is -2.26. The molecule has 0 amide bonds. The van der Waals surface area contributed by atoms with Gasteiger partial charge in [0.25, 0.3) is 0 Å². The van der Waals surface area contributed by atoms with Crippen molar-refractivity contribution in [1.82, 2.24) is 9.13 Å². The molecule has 0 aliphatic carbocycles. The first-order valence-electron chi connectivity index (χ1n) is 7.17. The predicted octanol–water partition coefficient (Wildman–Crippen LogP) is 2.66. The van der Waals surface area contributed by atoms with Gasteiger partial charge in [-0.25, -0.2) is 4.79 Å². The molecule has 0 saturated carbocycles. The first-order valence-corrected chi connectivity index (χ1v) is 7.17. The van der Waals surface area contributed by atoms with E-state index in [1.54, 1.807) is 9.13 Å². The highest BCUT2D eigenvalue weighted by molar-refractivity contribution is 5.76. The van der Waals surface area contributed by atoms with E-state index in [0.29, 0.717) is 25.9 Å². The van der Waals surface area contributed by atoms with E-state index in [1.807, 2.05) is 31.2 Å². The maximum absolute atomic E-state index is 12.6. The van der Waals surface area contributed by atoms with Gasteiger partial charge >= 0.3 is 5.69 Å². The lowest BCUT2D eigenvalue weighted by atomic mass is 10.1. The van der Waals surface area contributed by atoms with Crippen LogP contribution in [0, 0.1) is 28.6 Å². The van der Waals surface area contributed by atoms with Gasteiger partial charge in [0, 0.05) is 19.5 Å². The second kappa shape index (κ2) is 6.76. The van der Waals surface area contributed by atoms with Crippen molar-refractivity contribution < 1.29 is 0 Å². The van der Waals surface area contributed by atoms with E-state index in [-0.39, 0.29) is 11.6 Å². The van der Waals surface area contributed by atoms with Crippen LogP contribution in [-0.4, -0.2) is 9.13 Å². The zero-order chi connectivity index (χ0) is 15.2. The standard InChI is InChI=1S/C16H18N4O/c1-2-10-19-14-7-3-4-8-15(14)20(16(19)21)12-13(11-18)6-5-9-17/h3-4,7-8,13H,2,5-6,10,12H2,1H3/t13-/m1/s1. The van der Waals surface area contributed by atoms with Gasteiger partial charge in [-0.05, 0) is 25.0 Å². The van der Waals surface area contributed by atoms with Gasteiger partial charge in [-0.1, -0.05) is 19.1 Å². The number of hydrogen-bond donors (Lipinski definition) is 0. The zero-order valence-electron chi connectivity index (χ0n) is 12.1. The van der Waals surface area contributed by atoms with Crippen molar-refractivity contribution in [1.29, 1.82) is 10.5 Å². The fourth-order valence-electron chi connectivity index (χ4n) is 2.54. The number of rotatable bonds is 6.